The van der Waals surface area contributed by atoms with Crippen molar-refractivity contribution in [3.8, 4) is 0 Å². The number of esters is 1. The van der Waals surface area contributed by atoms with Gasteiger partial charge in [-0.1, -0.05) is 0 Å². The Morgan fingerprint density at radius 3 is 2.78 bits per heavy atom. The molecule has 5 nitrogen and oxygen atoms in total. The average Bonchev–Trinajstić information content (AvgIpc) is 2.33. The first-order chi connectivity index (χ1) is 8.51. The van der Waals surface area contributed by atoms with E-state index in [1.807, 2.05) is 22.6 Å². The van der Waals surface area contributed by atoms with Crippen molar-refractivity contribution in [2.75, 3.05) is 6.61 Å². The van der Waals surface area contributed by atoms with Gasteiger partial charge in [0.25, 0.3) is 0 Å². The zero-order chi connectivity index (χ0) is 13.7. The van der Waals surface area contributed by atoms with Crippen molar-refractivity contribution < 1.29 is 19.0 Å². The predicted molar refractivity (Wildman–Crippen MR) is 71.1 cm³/mol. The molecule has 0 saturated carbocycles. The molecule has 0 aliphatic rings. The molecule has 0 aliphatic heterocycles. The second-order valence-electron chi connectivity index (χ2n) is 3.13. The zero-order valence-electron chi connectivity index (χ0n) is 9.31. The first-order valence-electron chi connectivity index (χ1n) is 4.90. The molecular weight excluding hydrogens is 356 g/mol. The Labute approximate surface area is 116 Å². The number of carbonyl (C=O) groups is 1. The number of ether oxygens (including phenoxy) is 1. The van der Waals surface area contributed by atoms with E-state index in [-0.39, 0.29) is 12.2 Å². The van der Waals surface area contributed by atoms with Crippen LogP contribution in [-0.4, -0.2) is 17.7 Å². The standard InChI is InChI=1S/C11H9FINO4/c1-2-18-11(16)9(14-17)10(15)7-5-6(13)3-4-8(7)12/h3-5,15H,2H2,1H3. The molecule has 1 N–H and O–H groups in total. The van der Waals surface area contributed by atoms with Gasteiger partial charge in [-0.15, -0.1) is 4.91 Å². The molecule has 0 bridgehead atoms. The molecule has 0 saturated heterocycles. The van der Waals surface area contributed by atoms with Crippen LogP contribution in [0.15, 0.2) is 29.1 Å². The van der Waals surface area contributed by atoms with Crippen molar-refractivity contribution in [2.45, 2.75) is 6.92 Å². The first kappa shape index (κ1) is 14.6. The number of carbonyl (C=O) groups excluding carboxylic acids is 1. The summed E-state index contributed by atoms with van der Waals surface area (Å²) in [6, 6.07) is 3.88. The molecule has 0 fully saturated rings. The van der Waals surface area contributed by atoms with E-state index in [4.69, 9.17) is 0 Å². The zero-order valence-corrected chi connectivity index (χ0v) is 11.5. The van der Waals surface area contributed by atoms with Gasteiger partial charge < -0.3 is 9.84 Å². The predicted octanol–water partition coefficient (Wildman–Crippen LogP) is 2.99. The smallest absolute Gasteiger partial charge is 0.364 e. The lowest BCUT2D eigenvalue weighted by Crippen LogP contribution is -2.08. The fourth-order valence-electron chi connectivity index (χ4n) is 1.18. The van der Waals surface area contributed by atoms with Crippen LogP contribution in [0, 0.1) is 14.3 Å². The molecule has 0 radical (unpaired) electrons. The maximum absolute atomic E-state index is 13.5. The van der Waals surface area contributed by atoms with Crippen LogP contribution in [-0.2, 0) is 9.53 Å². The van der Waals surface area contributed by atoms with Gasteiger partial charge in [-0.05, 0) is 52.9 Å². The number of hydrogen-bond donors (Lipinski definition) is 1. The normalized spacial score (nSPS) is 11.7. The van der Waals surface area contributed by atoms with Gasteiger partial charge in [0, 0.05) is 3.57 Å². The molecule has 7 heteroatoms. The van der Waals surface area contributed by atoms with Crippen molar-refractivity contribution in [1.82, 2.24) is 0 Å². The number of aliphatic hydroxyl groups excluding tert-OH is 1. The Hall–Kier alpha value is -1.51. The summed E-state index contributed by atoms with van der Waals surface area (Å²) < 4.78 is 18.6. The van der Waals surface area contributed by atoms with E-state index in [9.17, 15) is 19.2 Å². The van der Waals surface area contributed by atoms with Crippen LogP contribution in [0.4, 0.5) is 4.39 Å². The highest BCUT2D eigenvalue weighted by molar-refractivity contribution is 14.1. The van der Waals surface area contributed by atoms with Crippen molar-refractivity contribution in [3.63, 3.8) is 0 Å². The highest BCUT2D eigenvalue weighted by atomic mass is 127. The van der Waals surface area contributed by atoms with Gasteiger partial charge in [0.05, 0.1) is 12.2 Å². The fraction of sp³-hybridized carbons (Fsp3) is 0.182. The summed E-state index contributed by atoms with van der Waals surface area (Å²) >= 11 is 1.90. The lowest BCUT2D eigenvalue weighted by molar-refractivity contribution is -0.138. The van der Waals surface area contributed by atoms with Gasteiger partial charge in [0.2, 0.25) is 5.70 Å². The average molecular weight is 365 g/mol. The highest BCUT2D eigenvalue weighted by Crippen LogP contribution is 2.23. The van der Waals surface area contributed by atoms with Gasteiger partial charge >= 0.3 is 5.97 Å². The number of aliphatic hydroxyl groups is 1. The number of rotatable bonds is 4. The van der Waals surface area contributed by atoms with Crippen molar-refractivity contribution in [1.29, 1.82) is 0 Å². The Kier molecular flexibility index (Phi) is 5.20. The van der Waals surface area contributed by atoms with E-state index >= 15 is 0 Å². The summed E-state index contributed by atoms with van der Waals surface area (Å²) in [5, 5.41) is 12.1. The molecule has 1 aromatic carbocycles. The second kappa shape index (κ2) is 6.43. The maximum Gasteiger partial charge on any atom is 0.364 e. The van der Waals surface area contributed by atoms with E-state index < -0.39 is 23.2 Å². The van der Waals surface area contributed by atoms with Crippen LogP contribution in [0.3, 0.4) is 0 Å². The van der Waals surface area contributed by atoms with Crippen molar-refractivity contribution in [3.05, 3.63) is 43.8 Å². The van der Waals surface area contributed by atoms with Crippen LogP contribution < -0.4 is 0 Å². The van der Waals surface area contributed by atoms with E-state index in [2.05, 4.69) is 9.91 Å². The minimum absolute atomic E-state index is 0.0138. The van der Waals surface area contributed by atoms with E-state index in [1.165, 1.54) is 19.1 Å². The minimum atomic E-state index is -1.09. The van der Waals surface area contributed by atoms with Crippen LogP contribution >= 0.6 is 22.6 Å². The third kappa shape index (κ3) is 3.25. The number of benzene rings is 1. The molecule has 0 spiro atoms. The molecule has 1 rings (SSSR count). The number of nitrogens with zero attached hydrogens (tertiary/aromatic N) is 1. The summed E-state index contributed by atoms with van der Waals surface area (Å²) in [6.45, 7) is 1.54. The van der Waals surface area contributed by atoms with E-state index in [0.29, 0.717) is 3.57 Å². The molecule has 0 aliphatic carbocycles. The molecule has 0 heterocycles. The summed E-state index contributed by atoms with van der Waals surface area (Å²) in [4.78, 5) is 21.9. The largest absolute Gasteiger partial charge is 0.505 e. The fourth-order valence-corrected chi connectivity index (χ4v) is 1.67. The summed E-state index contributed by atoms with van der Waals surface area (Å²) in [7, 11) is 0. The Balaban J connectivity index is 3.30. The number of hydrogen-bond acceptors (Lipinski definition) is 5. The van der Waals surface area contributed by atoms with Crippen LogP contribution in [0.1, 0.15) is 12.5 Å². The topological polar surface area (TPSA) is 76.0 Å². The Bertz CT molecular complexity index is 516. The van der Waals surface area contributed by atoms with E-state index in [0.717, 1.165) is 6.07 Å². The minimum Gasteiger partial charge on any atom is -0.505 e. The molecule has 0 aromatic heterocycles. The van der Waals surface area contributed by atoms with Crippen LogP contribution in [0.2, 0.25) is 0 Å². The van der Waals surface area contributed by atoms with Crippen molar-refractivity contribution >= 4 is 34.3 Å². The van der Waals surface area contributed by atoms with Crippen LogP contribution in [0.5, 0.6) is 0 Å². The summed E-state index contributed by atoms with van der Waals surface area (Å²) in [6.07, 6.45) is 0. The summed E-state index contributed by atoms with van der Waals surface area (Å²) in [5.74, 6) is -2.69. The molecule has 1 aromatic rings. The summed E-state index contributed by atoms with van der Waals surface area (Å²) in [5.41, 5.74) is -1.12. The SMILES string of the molecule is CCOC(=O)C(N=O)=C(O)c1cc(I)ccc1F. The van der Waals surface area contributed by atoms with Gasteiger partial charge in [0.15, 0.2) is 5.76 Å². The first-order valence-corrected chi connectivity index (χ1v) is 5.98. The molecular formula is C11H9FINO4. The third-order valence-electron chi connectivity index (χ3n) is 1.97. The van der Waals surface area contributed by atoms with Gasteiger partial charge in [-0.3, -0.25) is 0 Å². The Morgan fingerprint density at radius 2 is 2.22 bits per heavy atom. The van der Waals surface area contributed by atoms with Crippen molar-refractivity contribution in [2.24, 2.45) is 5.18 Å². The highest BCUT2D eigenvalue weighted by Gasteiger charge is 2.21. The third-order valence-corrected chi connectivity index (χ3v) is 2.64. The van der Waals surface area contributed by atoms with Crippen LogP contribution in [0.25, 0.3) is 5.76 Å². The monoisotopic (exact) mass is 365 g/mol. The Morgan fingerprint density at radius 1 is 1.56 bits per heavy atom. The molecule has 96 valence electrons. The lowest BCUT2D eigenvalue weighted by Gasteiger charge is -2.05. The second-order valence-corrected chi connectivity index (χ2v) is 4.38. The number of nitroso groups, excluding NO2 is 1. The number of halogens is 2. The molecule has 0 unspecified atom stereocenters. The molecule has 18 heavy (non-hydrogen) atoms. The van der Waals surface area contributed by atoms with Gasteiger partial charge in [-0.2, -0.15) is 0 Å². The van der Waals surface area contributed by atoms with Gasteiger partial charge in [0.1, 0.15) is 5.82 Å². The lowest BCUT2D eigenvalue weighted by atomic mass is 10.1. The molecule has 0 atom stereocenters. The maximum atomic E-state index is 13.5. The molecule has 0 amide bonds. The quantitative estimate of drug-likeness (QED) is 0.293. The van der Waals surface area contributed by atoms with E-state index in [1.54, 1.807) is 0 Å². The van der Waals surface area contributed by atoms with Gasteiger partial charge in [-0.25, -0.2) is 9.18 Å².